The summed E-state index contributed by atoms with van der Waals surface area (Å²) in [7, 11) is 1.72. The molecule has 3 aliphatic rings. The quantitative estimate of drug-likeness (QED) is 0.573. The largest absolute Gasteiger partial charge is 0.352 e. The summed E-state index contributed by atoms with van der Waals surface area (Å²) in [4.78, 5) is 33.2. The van der Waals surface area contributed by atoms with Gasteiger partial charge in [-0.3, -0.25) is 14.6 Å². The summed E-state index contributed by atoms with van der Waals surface area (Å²) in [6.07, 6.45) is 10.1. The first kappa shape index (κ1) is 20.0. The van der Waals surface area contributed by atoms with Gasteiger partial charge in [0.05, 0.1) is 6.54 Å². The number of guanidine groups is 1. The lowest BCUT2D eigenvalue weighted by atomic mass is 9.88. The van der Waals surface area contributed by atoms with Crippen LogP contribution in [0.4, 0.5) is 0 Å². The Kier molecular flexibility index (Phi) is 7.35. The Labute approximate surface area is 162 Å². The number of hydrogen-bond donors (Lipinski definition) is 2. The summed E-state index contributed by atoms with van der Waals surface area (Å²) in [5.74, 6) is 1.36. The van der Waals surface area contributed by atoms with Crippen LogP contribution in [0.15, 0.2) is 4.99 Å². The van der Waals surface area contributed by atoms with Gasteiger partial charge in [-0.15, -0.1) is 0 Å². The summed E-state index contributed by atoms with van der Waals surface area (Å²) in [6.45, 7) is 3.56. The van der Waals surface area contributed by atoms with Crippen LogP contribution in [0.2, 0.25) is 0 Å². The van der Waals surface area contributed by atoms with Gasteiger partial charge in [0.15, 0.2) is 5.96 Å². The van der Waals surface area contributed by atoms with Gasteiger partial charge in [-0.1, -0.05) is 19.3 Å². The maximum atomic E-state index is 12.7. The van der Waals surface area contributed by atoms with E-state index in [1.165, 1.54) is 25.7 Å². The Morgan fingerprint density at radius 1 is 0.926 bits per heavy atom. The second kappa shape index (κ2) is 9.95. The number of rotatable bonds is 4. The van der Waals surface area contributed by atoms with E-state index in [0.29, 0.717) is 11.9 Å². The number of aliphatic imine (C=N–C) groups is 1. The zero-order valence-corrected chi connectivity index (χ0v) is 16.7. The summed E-state index contributed by atoms with van der Waals surface area (Å²) in [6, 6.07) is 0.203. The molecule has 2 heterocycles. The average molecular weight is 378 g/mol. The summed E-state index contributed by atoms with van der Waals surface area (Å²) in [5, 5.41) is 6.53. The third-order valence-electron chi connectivity index (χ3n) is 6.13. The SMILES string of the molecule is CN=C(NCC(=O)N1CCCCC1)NC1CCN(C(=O)C2CCCCC2)C1. The molecule has 1 saturated carbocycles. The van der Waals surface area contributed by atoms with E-state index in [1.807, 2.05) is 9.80 Å². The highest BCUT2D eigenvalue weighted by Crippen LogP contribution is 2.26. The monoisotopic (exact) mass is 377 g/mol. The van der Waals surface area contributed by atoms with Crippen molar-refractivity contribution in [2.75, 3.05) is 39.8 Å². The Hall–Kier alpha value is -1.79. The van der Waals surface area contributed by atoms with E-state index in [9.17, 15) is 9.59 Å². The number of carbonyl (C=O) groups excluding carboxylic acids is 2. The van der Waals surface area contributed by atoms with Gasteiger partial charge in [-0.05, 0) is 38.5 Å². The predicted octanol–water partition coefficient (Wildman–Crippen LogP) is 1.35. The second-order valence-corrected chi connectivity index (χ2v) is 8.12. The van der Waals surface area contributed by atoms with Crippen molar-refractivity contribution in [1.82, 2.24) is 20.4 Å². The Bertz CT molecular complexity index is 538. The van der Waals surface area contributed by atoms with Gasteiger partial charge in [0.2, 0.25) is 11.8 Å². The highest BCUT2D eigenvalue weighted by molar-refractivity contribution is 5.86. The van der Waals surface area contributed by atoms with E-state index in [-0.39, 0.29) is 24.4 Å². The number of nitrogens with one attached hydrogen (secondary N) is 2. The van der Waals surface area contributed by atoms with Crippen LogP contribution in [-0.4, -0.2) is 73.4 Å². The van der Waals surface area contributed by atoms with E-state index in [2.05, 4.69) is 15.6 Å². The molecule has 3 fully saturated rings. The molecule has 1 atom stereocenters. The molecule has 7 heteroatoms. The fraction of sp³-hybridized carbons (Fsp3) is 0.850. The maximum absolute atomic E-state index is 12.7. The number of likely N-dealkylation sites (tertiary alicyclic amines) is 2. The second-order valence-electron chi connectivity index (χ2n) is 8.12. The van der Waals surface area contributed by atoms with Crippen LogP contribution < -0.4 is 10.6 Å². The van der Waals surface area contributed by atoms with Crippen LogP contribution in [0.3, 0.4) is 0 Å². The van der Waals surface area contributed by atoms with Crippen LogP contribution in [0.25, 0.3) is 0 Å². The highest BCUT2D eigenvalue weighted by atomic mass is 16.2. The molecule has 0 bridgehead atoms. The number of amides is 2. The van der Waals surface area contributed by atoms with Crippen molar-refractivity contribution in [3.05, 3.63) is 0 Å². The molecule has 0 aromatic heterocycles. The van der Waals surface area contributed by atoms with Crippen molar-refractivity contribution >= 4 is 17.8 Å². The first-order valence-corrected chi connectivity index (χ1v) is 10.7. The topological polar surface area (TPSA) is 77.0 Å². The normalized spacial score (nSPS) is 24.8. The molecule has 2 saturated heterocycles. The van der Waals surface area contributed by atoms with E-state index in [1.54, 1.807) is 7.05 Å². The number of piperidine rings is 1. The average Bonchev–Trinajstić information content (AvgIpc) is 3.20. The third kappa shape index (κ3) is 5.59. The van der Waals surface area contributed by atoms with Crippen molar-refractivity contribution in [3.63, 3.8) is 0 Å². The van der Waals surface area contributed by atoms with Gasteiger partial charge in [-0.2, -0.15) is 0 Å². The third-order valence-corrected chi connectivity index (χ3v) is 6.13. The Balaban J connectivity index is 1.40. The zero-order valence-electron chi connectivity index (χ0n) is 16.7. The van der Waals surface area contributed by atoms with Gasteiger partial charge in [0.25, 0.3) is 0 Å². The molecular weight excluding hydrogens is 342 g/mol. The molecule has 0 aromatic carbocycles. The summed E-state index contributed by atoms with van der Waals surface area (Å²) >= 11 is 0. The zero-order chi connectivity index (χ0) is 19.1. The first-order valence-electron chi connectivity index (χ1n) is 10.7. The van der Waals surface area contributed by atoms with E-state index in [4.69, 9.17) is 0 Å². The number of hydrogen-bond acceptors (Lipinski definition) is 3. The van der Waals surface area contributed by atoms with Gasteiger partial charge in [0.1, 0.15) is 0 Å². The molecule has 3 rings (SSSR count). The minimum Gasteiger partial charge on any atom is -0.352 e. The number of carbonyl (C=O) groups is 2. The molecule has 0 radical (unpaired) electrons. The van der Waals surface area contributed by atoms with Crippen LogP contribution in [0.5, 0.6) is 0 Å². The smallest absolute Gasteiger partial charge is 0.241 e. The van der Waals surface area contributed by atoms with Crippen molar-refractivity contribution < 1.29 is 9.59 Å². The molecule has 7 nitrogen and oxygen atoms in total. The summed E-state index contributed by atoms with van der Waals surface area (Å²) in [5.41, 5.74) is 0. The molecule has 0 aromatic rings. The molecule has 2 amide bonds. The lowest BCUT2D eigenvalue weighted by molar-refractivity contribution is -0.135. The van der Waals surface area contributed by atoms with Crippen LogP contribution in [0.1, 0.15) is 57.8 Å². The maximum Gasteiger partial charge on any atom is 0.241 e. The molecule has 2 aliphatic heterocycles. The molecule has 0 spiro atoms. The van der Waals surface area contributed by atoms with E-state index >= 15 is 0 Å². The molecule has 2 N–H and O–H groups in total. The minimum atomic E-state index is 0.137. The standard InChI is InChI=1S/C20H35N5O2/c1-21-20(22-14-18(26)24-11-6-3-7-12-24)23-17-10-13-25(15-17)19(27)16-8-4-2-5-9-16/h16-17H,2-15H2,1H3,(H2,21,22,23). The predicted molar refractivity (Wildman–Crippen MR) is 106 cm³/mol. The Morgan fingerprint density at radius 3 is 2.33 bits per heavy atom. The van der Waals surface area contributed by atoms with Crippen molar-refractivity contribution in [2.24, 2.45) is 10.9 Å². The van der Waals surface area contributed by atoms with E-state index in [0.717, 1.165) is 58.3 Å². The molecule has 152 valence electrons. The summed E-state index contributed by atoms with van der Waals surface area (Å²) < 4.78 is 0. The fourth-order valence-corrected chi connectivity index (χ4v) is 4.49. The lowest BCUT2D eigenvalue weighted by Gasteiger charge is -2.27. The van der Waals surface area contributed by atoms with Gasteiger partial charge in [-0.25, -0.2) is 0 Å². The fourth-order valence-electron chi connectivity index (χ4n) is 4.49. The highest BCUT2D eigenvalue weighted by Gasteiger charge is 2.31. The first-order chi connectivity index (χ1) is 13.2. The van der Waals surface area contributed by atoms with Gasteiger partial charge < -0.3 is 20.4 Å². The van der Waals surface area contributed by atoms with Crippen LogP contribution in [-0.2, 0) is 9.59 Å². The minimum absolute atomic E-state index is 0.137. The van der Waals surface area contributed by atoms with Gasteiger partial charge >= 0.3 is 0 Å². The Morgan fingerprint density at radius 2 is 1.63 bits per heavy atom. The van der Waals surface area contributed by atoms with Crippen LogP contribution in [0, 0.1) is 5.92 Å². The molecule has 27 heavy (non-hydrogen) atoms. The molecule has 1 unspecified atom stereocenters. The van der Waals surface area contributed by atoms with Crippen molar-refractivity contribution in [1.29, 1.82) is 0 Å². The van der Waals surface area contributed by atoms with Crippen molar-refractivity contribution in [3.8, 4) is 0 Å². The van der Waals surface area contributed by atoms with Crippen molar-refractivity contribution in [2.45, 2.75) is 63.8 Å². The van der Waals surface area contributed by atoms with Crippen LogP contribution >= 0.6 is 0 Å². The molecular formula is C20H35N5O2. The lowest BCUT2D eigenvalue weighted by Crippen LogP contribution is -2.49. The molecule has 1 aliphatic carbocycles. The van der Waals surface area contributed by atoms with E-state index < -0.39 is 0 Å². The number of nitrogens with zero attached hydrogens (tertiary/aromatic N) is 3. The van der Waals surface area contributed by atoms with Gasteiger partial charge in [0, 0.05) is 45.2 Å².